The van der Waals surface area contributed by atoms with E-state index in [1.165, 1.54) is 6.26 Å². The average Bonchev–Trinajstić information content (AvgIpc) is 2.31. The van der Waals surface area contributed by atoms with Gasteiger partial charge in [0.25, 0.3) is 0 Å². The van der Waals surface area contributed by atoms with Gasteiger partial charge in [-0.1, -0.05) is 20.8 Å². The van der Waals surface area contributed by atoms with Crippen LogP contribution in [0.5, 0.6) is 0 Å². The predicted molar refractivity (Wildman–Crippen MR) is 50.2 cm³/mol. The molecule has 0 saturated carbocycles. The van der Waals surface area contributed by atoms with E-state index in [1.54, 1.807) is 6.07 Å². The second-order valence-corrected chi connectivity index (χ2v) is 4.53. The number of hydrogen-bond donors (Lipinski definition) is 0. The van der Waals surface area contributed by atoms with E-state index in [9.17, 15) is 4.79 Å². The van der Waals surface area contributed by atoms with Gasteiger partial charge in [-0.05, 0) is 22.0 Å². The molecule has 0 bridgehead atoms. The van der Waals surface area contributed by atoms with E-state index >= 15 is 0 Å². The summed E-state index contributed by atoms with van der Waals surface area (Å²) in [4.78, 5) is 11.6. The molecule has 0 fully saturated rings. The van der Waals surface area contributed by atoms with Crippen molar-refractivity contribution in [2.24, 2.45) is 5.41 Å². The first-order valence-corrected chi connectivity index (χ1v) is 4.50. The molecule has 0 amide bonds. The highest BCUT2D eigenvalue weighted by atomic mass is 79.9. The molecule has 1 aromatic heterocycles. The van der Waals surface area contributed by atoms with Crippen molar-refractivity contribution in [2.45, 2.75) is 20.8 Å². The van der Waals surface area contributed by atoms with Gasteiger partial charge in [0.05, 0.1) is 10.7 Å². The number of Topliss-reactive ketones (excluding diaryl/α,β-unsaturated/α-hetero) is 1. The molecule has 0 N–H and O–H groups in total. The number of rotatable bonds is 1. The van der Waals surface area contributed by atoms with Gasteiger partial charge < -0.3 is 4.42 Å². The standard InChI is InChI=1S/C9H11BrO2/c1-9(2,3)8(11)7-6(10)4-5-12-7/h4-5H,1-3H3. The number of furan rings is 1. The third-order valence-corrected chi connectivity index (χ3v) is 2.13. The van der Waals surface area contributed by atoms with Crippen molar-refractivity contribution < 1.29 is 9.21 Å². The molecule has 0 saturated heterocycles. The average molecular weight is 231 g/mol. The molecule has 1 heterocycles. The molecule has 0 aliphatic rings. The van der Waals surface area contributed by atoms with Crippen LogP contribution in [0.15, 0.2) is 21.2 Å². The zero-order chi connectivity index (χ0) is 9.35. The molecule has 66 valence electrons. The molecule has 0 aromatic carbocycles. The first-order valence-electron chi connectivity index (χ1n) is 3.70. The Hall–Kier alpha value is -0.570. The summed E-state index contributed by atoms with van der Waals surface area (Å²) in [6, 6.07) is 1.72. The van der Waals surface area contributed by atoms with Crippen LogP contribution in [0.25, 0.3) is 0 Å². The Labute approximate surface area is 80.1 Å². The van der Waals surface area contributed by atoms with Gasteiger partial charge in [-0.2, -0.15) is 0 Å². The van der Waals surface area contributed by atoms with Crippen molar-refractivity contribution in [3.8, 4) is 0 Å². The maximum Gasteiger partial charge on any atom is 0.204 e. The molecule has 2 nitrogen and oxygen atoms in total. The highest BCUT2D eigenvalue weighted by Crippen LogP contribution is 2.26. The largest absolute Gasteiger partial charge is 0.460 e. The summed E-state index contributed by atoms with van der Waals surface area (Å²) in [6.45, 7) is 5.60. The van der Waals surface area contributed by atoms with Gasteiger partial charge in [-0.15, -0.1) is 0 Å². The van der Waals surface area contributed by atoms with Gasteiger partial charge in [0.1, 0.15) is 0 Å². The summed E-state index contributed by atoms with van der Waals surface area (Å²) in [6.07, 6.45) is 1.50. The predicted octanol–water partition coefficient (Wildman–Crippen LogP) is 3.27. The zero-order valence-corrected chi connectivity index (χ0v) is 8.94. The summed E-state index contributed by atoms with van der Waals surface area (Å²) in [5.74, 6) is 0.418. The molecular weight excluding hydrogens is 220 g/mol. The number of halogens is 1. The van der Waals surface area contributed by atoms with E-state index in [2.05, 4.69) is 15.9 Å². The van der Waals surface area contributed by atoms with Crippen LogP contribution in [0.2, 0.25) is 0 Å². The Balaban J connectivity index is 3.01. The van der Waals surface area contributed by atoms with Gasteiger partial charge in [0.15, 0.2) is 5.76 Å². The third kappa shape index (κ3) is 1.78. The molecule has 12 heavy (non-hydrogen) atoms. The van der Waals surface area contributed by atoms with Crippen LogP contribution in [0.4, 0.5) is 0 Å². The lowest BCUT2D eigenvalue weighted by Crippen LogP contribution is -2.19. The topological polar surface area (TPSA) is 30.2 Å². The van der Waals surface area contributed by atoms with Crippen molar-refractivity contribution in [1.82, 2.24) is 0 Å². The van der Waals surface area contributed by atoms with Crippen LogP contribution in [-0.4, -0.2) is 5.78 Å². The lowest BCUT2D eigenvalue weighted by molar-refractivity contribution is 0.0827. The van der Waals surface area contributed by atoms with Crippen LogP contribution >= 0.6 is 15.9 Å². The molecule has 0 atom stereocenters. The molecule has 3 heteroatoms. The van der Waals surface area contributed by atoms with E-state index in [0.29, 0.717) is 5.76 Å². The number of ketones is 1. The van der Waals surface area contributed by atoms with Gasteiger partial charge in [-0.3, -0.25) is 4.79 Å². The minimum Gasteiger partial charge on any atom is -0.460 e. The third-order valence-electron chi connectivity index (χ3n) is 1.50. The smallest absolute Gasteiger partial charge is 0.204 e. The van der Waals surface area contributed by atoms with E-state index in [-0.39, 0.29) is 11.2 Å². The Morgan fingerprint density at radius 2 is 2.08 bits per heavy atom. The number of carbonyl (C=O) groups is 1. The summed E-state index contributed by atoms with van der Waals surface area (Å²) in [5.41, 5.74) is -0.389. The van der Waals surface area contributed by atoms with E-state index in [4.69, 9.17) is 4.42 Å². The quantitative estimate of drug-likeness (QED) is 0.694. The van der Waals surface area contributed by atoms with E-state index in [0.717, 1.165) is 4.47 Å². The van der Waals surface area contributed by atoms with Crippen molar-refractivity contribution in [1.29, 1.82) is 0 Å². The lowest BCUT2D eigenvalue weighted by atomic mass is 9.89. The minimum atomic E-state index is -0.389. The highest BCUT2D eigenvalue weighted by Gasteiger charge is 2.27. The molecule has 1 aromatic rings. The fraction of sp³-hybridized carbons (Fsp3) is 0.444. The van der Waals surface area contributed by atoms with Crippen LogP contribution < -0.4 is 0 Å². The Morgan fingerprint density at radius 1 is 1.50 bits per heavy atom. The Morgan fingerprint density at radius 3 is 2.42 bits per heavy atom. The van der Waals surface area contributed by atoms with Gasteiger partial charge in [0, 0.05) is 5.41 Å². The molecule has 0 unspecified atom stereocenters. The van der Waals surface area contributed by atoms with Crippen molar-refractivity contribution >= 4 is 21.7 Å². The lowest BCUT2D eigenvalue weighted by Gasteiger charge is -2.14. The second kappa shape index (κ2) is 3.05. The molecule has 1 rings (SSSR count). The molecule has 0 aliphatic carbocycles. The Kier molecular flexibility index (Phi) is 2.42. The molecular formula is C9H11BrO2. The number of carbonyl (C=O) groups excluding carboxylic acids is 1. The normalized spacial score (nSPS) is 11.7. The minimum absolute atomic E-state index is 0.0133. The fourth-order valence-corrected chi connectivity index (χ4v) is 1.18. The summed E-state index contributed by atoms with van der Waals surface area (Å²) >= 11 is 3.24. The first kappa shape index (κ1) is 9.52. The van der Waals surface area contributed by atoms with Crippen molar-refractivity contribution in [3.63, 3.8) is 0 Å². The highest BCUT2D eigenvalue weighted by molar-refractivity contribution is 9.10. The SMILES string of the molecule is CC(C)(C)C(=O)c1occc1Br. The van der Waals surface area contributed by atoms with Gasteiger partial charge in [0.2, 0.25) is 5.78 Å². The van der Waals surface area contributed by atoms with Crippen molar-refractivity contribution in [2.75, 3.05) is 0 Å². The van der Waals surface area contributed by atoms with E-state index < -0.39 is 0 Å². The molecule has 0 spiro atoms. The summed E-state index contributed by atoms with van der Waals surface area (Å²) in [5, 5.41) is 0. The Bertz CT molecular complexity index is 294. The van der Waals surface area contributed by atoms with Crippen LogP contribution in [0.1, 0.15) is 31.3 Å². The summed E-state index contributed by atoms with van der Waals surface area (Å²) < 4.78 is 5.78. The first-order chi connectivity index (χ1) is 5.43. The maximum atomic E-state index is 11.6. The van der Waals surface area contributed by atoms with E-state index in [1.807, 2.05) is 20.8 Å². The fourth-order valence-electron chi connectivity index (χ4n) is 0.796. The van der Waals surface area contributed by atoms with Crippen LogP contribution in [-0.2, 0) is 0 Å². The van der Waals surface area contributed by atoms with Crippen molar-refractivity contribution in [3.05, 3.63) is 22.6 Å². The van der Waals surface area contributed by atoms with Gasteiger partial charge in [-0.25, -0.2) is 0 Å². The van der Waals surface area contributed by atoms with Gasteiger partial charge >= 0.3 is 0 Å². The molecule has 0 aliphatic heterocycles. The second-order valence-electron chi connectivity index (χ2n) is 3.68. The zero-order valence-electron chi connectivity index (χ0n) is 7.35. The van der Waals surface area contributed by atoms with Crippen LogP contribution in [0.3, 0.4) is 0 Å². The molecule has 0 radical (unpaired) electrons. The number of hydrogen-bond acceptors (Lipinski definition) is 2. The maximum absolute atomic E-state index is 11.6. The monoisotopic (exact) mass is 230 g/mol. The summed E-state index contributed by atoms with van der Waals surface area (Å²) in [7, 11) is 0. The van der Waals surface area contributed by atoms with Crippen LogP contribution in [0, 0.1) is 5.41 Å².